The number of rotatable bonds is 7. The molecule has 20 heavy (non-hydrogen) atoms. The molecular weight excluding hydrogens is 272 g/mol. The highest BCUT2D eigenvalue weighted by atomic mass is 32.2. The number of aliphatic hydroxyl groups is 2. The van der Waals surface area contributed by atoms with Gasteiger partial charge in [0.2, 0.25) is 0 Å². The Morgan fingerprint density at radius 3 is 2.80 bits per heavy atom. The summed E-state index contributed by atoms with van der Waals surface area (Å²) in [7, 11) is 0. The molecular formula is C15H20N2O2S. The number of aromatic nitrogens is 1. The van der Waals surface area contributed by atoms with Gasteiger partial charge in [0.15, 0.2) is 0 Å². The molecule has 1 heterocycles. The number of nitrogens with one attached hydrogen (secondary N) is 1. The van der Waals surface area contributed by atoms with Crippen molar-refractivity contribution < 1.29 is 10.2 Å². The van der Waals surface area contributed by atoms with Crippen LogP contribution in [0.15, 0.2) is 30.3 Å². The Labute approximate surface area is 123 Å². The Bertz CT molecular complexity index is 557. The molecule has 0 fully saturated rings. The zero-order chi connectivity index (χ0) is 14.4. The second-order valence-corrected chi connectivity index (χ2v) is 5.57. The van der Waals surface area contributed by atoms with Crippen LogP contribution in [0.1, 0.15) is 12.0 Å². The van der Waals surface area contributed by atoms with E-state index in [2.05, 4.69) is 10.3 Å². The number of nitrogens with zero attached hydrogens (tertiary/aromatic N) is 1. The average molecular weight is 292 g/mol. The highest BCUT2D eigenvalue weighted by Gasteiger charge is 2.12. The van der Waals surface area contributed by atoms with E-state index in [4.69, 9.17) is 5.11 Å². The Hall–Kier alpha value is -1.30. The maximum Gasteiger partial charge on any atom is 0.132 e. The van der Waals surface area contributed by atoms with Crippen LogP contribution < -0.4 is 5.32 Å². The normalized spacial score (nSPS) is 12.6. The van der Waals surface area contributed by atoms with Gasteiger partial charge < -0.3 is 15.5 Å². The van der Waals surface area contributed by atoms with Gasteiger partial charge in [0.05, 0.1) is 12.1 Å². The topological polar surface area (TPSA) is 65.4 Å². The number of thioether (sulfide) groups is 1. The summed E-state index contributed by atoms with van der Waals surface area (Å²) in [5.41, 5.74) is 1.69. The third-order valence-electron chi connectivity index (χ3n) is 3.16. The number of anilines is 1. The quantitative estimate of drug-likeness (QED) is 0.730. The van der Waals surface area contributed by atoms with Crippen LogP contribution >= 0.6 is 11.8 Å². The van der Waals surface area contributed by atoms with Gasteiger partial charge in [0.1, 0.15) is 5.82 Å². The van der Waals surface area contributed by atoms with Gasteiger partial charge in [0, 0.05) is 29.4 Å². The van der Waals surface area contributed by atoms with Gasteiger partial charge in [0.25, 0.3) is 0 Å². The molecule has 2 aromatic rings. The molecule has 5 heteroatoms. The van der Waals surface area contributed by atoms with Crippen molar-refractivity contribution in [3.63, 3.8) is 0 Å². The highest BCUT2D eigenvalue weighted by Crippen LogP contribution is 2.22. The summed E-state index contributed by atoms with van der Waals surface area (Å²) in [6, 6.07) is 9.95. The third kappa shape index (κ3) is 3.62. The van der Waals surface area contributed by atoms with Gasteiger partial charge in [-0.1, -0.05) is 18.2 Å². The Morgan fingerprint density at radius 1 is 1.30 bits per heavy atom. The number of aliphatic hydroxyl groups excluding tert-OH is 2. The van der Waals surface area contributed by atoms with Gasteiger partial charge in [-0.25, -0.2) is 4.98 Å². The minimum Gasteiger partial charge on any atom is -0.396 e. The van der Waals surface area contributed by atoms with E-state index in [1.165, 1.54) is 0 Å². The first-order chi connectivity index (χ1) is 9.78. The molecule has 1 aromatic carbocycles. The van der Waals surface area contributed by atoms with E-state index >= 15 is 0 Å². The van der Waals surface area contributed by atoms with Crippen molar-refractivity contribution >= 4 is 28.5 Å². The first-order valence-electron chi connectivity index (χ1n) is 6.64. The molecule has 0 saturated heterocycles. The van der Waals surface area contributed by atoms with Crippen molar-refractivity contribution in [2.75, 3.05) is 23.9 Å². The van der Waals surface area contributed by atoms with E-state index in [9.17, 15) is 5.11 Å². The Kier molecular flexibility index (Phi) is 5.64. The molecule has 0 saturated carbocycles. The molecule has 3 N–H and O–H groups in total. The summed E-state index contributed by atoms with van der Waals surface area (Å²) in [6.45, 7) is 0.0888. The van der Waals surface area contributed by atoms with Gasteiger partial charge >= 0.3 is 0 Å². The number of fused-ring (bicyclic) bond motifs is 1. The molecule has 0 spiro atoms. The maximum absolute atomic E-state index is 9.52. The molecule has 2 rings (SSSR count). The molecule has 1 unspecified atom stereocenters. The predicted octanol–water partition coefficient (Wildman–Crippen LogP) is 2.25. The molecule has 0 bridgehead atoms. The molecule has 0 radical (unpaired) electrons. The van der Waals surface area contributed by atoms with E-state index < -0.39 is 0 Å². The van der Waals surface area contributed by atoms with Gasteiger partial charge in [-0.15, -0.1) is 0 Å². The fourth-order valence-electron chi connectivity index (χ4n) is 2.15. The number of hydrogen-bond donors (Lipinski definition) is 3. The fraction of sp³-hybridized carbons (Fsp3) is 0.400. The van der Waals surface area contributed by atoms with Crippen LogP contribution in [-0.4, -0.2) is 39.9 Å². The predicted molar refractivity (Wildman–Crippen MR) is 85.2 cm³/mol. The summed E-state index contributed by atoms with van der Waals surface area (Å²) >= 11 is 1.72. The molecule has 1 aromatic heterocycles. The van der Waals surface area contributed by atoms with Crippen molar-refractivity contribution in [1.82, 2.24) is 4.98 Å². The van der Waals surface area contributed by atoms with Gasteiger partial charge in [-0.3, -0.25) is 0 Å². The van der Waals surface area contributed by atoms with E-state index in [0.29, 0.717) is 12.2 Å². The lowest BCUT2D eigenvalue weighted by atomic mass is 10.1. The fourth-order valence-corrected chi connectivity index (χ4v) is 2.81. The van der Waals surface area contributed by atoms with Crippen molar-refractivity contribution in [2.24, 2.45) is 0 Å². The molecule has 0 amide bonds. The zero-order valence-corrected chi connectivity index (χ0v) is 12.4. The number of hydrogen-bond acceptors (Lipinski definition) is 5. The second kappa shape index (κ2) is 7.47. The minimum atomic E-state index is -0.0503. The molecule has 0 aliphatic heterocycles. The SMILES string of the molecule is CSCC(CCO)Nc1nc2ccccc2cc1CO. The van der Waals surface area contributed by atoms with E-state index in [1.54, 1.807) is 11.8 Å². The summed E-state index contributed by atoms with van der Waals surface area (Å²) in [5.74, 6) is 1.60. The van der Waals surface area contributed by atoms with Crippen LogP contribution in [0.4, 0.5) is 5.82 Å². The van der Waals surface area contributed by atoms with Crippen LogP contribution in [0.3, 0.4) is 0 Å². The largest absolute Gasteiger partial charge is 0.396 e. The van der Waals surface area contributed by atoms with Gasteiger partial charge in [-0.05, 0) is 24.8 Å². The lowest BCUT2D eigenvalue weighted by molar-refractivity contribution is 0.280. The first-order valence-corrected chi connectivity index (χ1v) is 8.03. The Balaban J connectivity index is 2.31. The summed E-state index contributed by atoms with van der Waals surface area (Å²) in [6.07, 6.45) is 2.70. The second-order valence-electron chi connectivity index (χ2n) is 4.66. The van der Waals surface area contributed by atoms with Crippen LogP contribution in [-0.2, 0) is 6.61 Å². The number of benzene rings is 1. The number of para-hydroxylation sites is 1. The van der Waals surface area contributed by atoms with Crippen molar-refractivity contribution in [1.29, 1.82) is 0 Å². The Morgan fingerprint density at radius 2 is 2.10 bits per heavy atom. The van der Waals surface area contributed by atoms with Gasteiger partial charge in [-0.2, -0.15) is 11.8 Å². The van der Waals surface area contributed by atoms with E-state index in [1.807, 2.05) is 36.6 Å². The van der Waals surface area contributed by atoms with Crippen LogP contribution in [0.5, 0.6) is 0 Å². The maximum atomic E-state index is 9.52. The van der Waals surface area contributed by atoms with Crippen molar-refractivity contribution in [3.8, 4) is 0 Å². The van der Waals surface area contributed by atoms with Crippen LogP contribution in [0.25, 0.3) is 10.9 Å². The minimum absolute atomic E-state index is 0.0503. The zero-order valence-electron chi connectivity index (χ0n) is 11.5. The molecule has 0 aliphatic rings. The lowest BCUT2D eigenvalue weighted by Crippen LogP contribution is -2.25. The average Bonchev–Trinajstić information content (AvgIpc) is 2.47. The summed E-state index contributed by atoms with van der Waals surface area (Å²) in [4.78, 5) is 4.59. The first kappa shape index (κ1) is 15.1. The molecule has 4 nitrogen and oxygen atoms in total. The number of pyridine rings is 1. The summed E-state index contributed by atoms with van der Waals surface area (Å²) in [5, 5.41) is 23.0. The van der Waals surface area contributed by atoms with Crippen molar-refractivity contribution in [3.05, 3.63) is 35.9 Å². The van der Waals surface area contributed by atoms with Crippen LogP contribution in [0.2, 0.25) is 0 Å². The van der Waals surface area contributed by atoms with E-state index in [0.717, 1.165) is 22.2 Å². The lowest BCUT2D eigenvalue weighted by Gasteiger charge is -2.19. The van der Waals surface area contributed by atoms with Crippen LogP contribution in [0, 0.1) is 0 Å². The standard InChI is InChI=1S/C15H20N2O2S/c1-20-10-13(6-7-18)16-15-12(9-19)8-11-4-2-3-5-14(11)17-15/h2-5,8,13,18-19H,6-7,9-10H2,1H3,(H,16,17). The highest BCUT2D eigenvalue weighted by molar-refractivity contribution is 7.98. The monoisotopic (exact) mass is 292 g/mol. The summed E-state index contributed by atoms with van der Waals surface area (Å²) < 4.78 is 0. The van der Waals surface area contributed by atoms with E-state index in [-0.39, 0.29) is 19.3 Å². The molecule has 108 valence electrons. The molecule has 1 atom stereocenters. The third-order valence-corrected chi connectivity index (χ3v) is 3.90. The smallest absolute Gasteiger partial charge is 0.132 e. The van der Waals surface area contributed by atoms with Crippen molar-refractivity contribution in [2.45, 2.75) is 19.1 Å². The molecule has 0 aliphatic carbocycles.